The van der Waals surface area contributed by atoms with Crippen LogP contribution in [0.5, 0.6) is 0 Å². The van der Waals surface area contributed by atoms with E-state index in [4.69, 9.17) is 4.74 Å². The van der Waals surface area contributed by atoms with Gasteiger partial charge in [0.15, 0.2) is 0 Å². The lowest BCUT2D eigenvalue weighted by atomic mass is 10.2. The van der Waals surface area contributed by atoms with Crippen LogP contribution in [0.3, 0.4) is 0 Å². The molecule has 0 amide bonds. The van der Waals surface area contributed by atoms with Gasteiger partial charge in [-0.1, -0.05) is 18.2 Å². The second-order valence-corrected chi connectivity index (χ2v) is 6.30. The molecular weight excluding hydrogens is 385 g/mol. The fraction of sp³-hybridized carbons (Fsp3) is 0.150. The van der Waals surface area contributed by atoms with Gasteiger partial charge in [-0.25, -0.2) is 4.98 Å². The van der Waals surface area contributed by atoms with Crippen molar-refractivity contribution in [2.75, 3.05) is 0 Å². The van der Waals surface area contributed by atoms with E-state index >= 15 is 0 Å². The summed E-state index contributed by atoms with van der Waals surface area (Å²) in [5.74, 6) is -2.03. The van der Waals surface area contributed by atoms with Crippen molar-refractivity contribution in [1.29, 1.82) is 5.26 Å². The van der Waals surface area contributed by atoms with Crippen molar-refractivity contribution in [3.8, 4) is 6.07 Å². The number of pyridine rings is 1. The number of benzene rings is 1. The van der Waals surface area contributed by atoms with Crippen LogP contribution < -0.4 is 0 Å². The number of para-hydroxylation sites is 2. The fourth-order valence-corrected chi connectivity index (χ4v) is 3.20. The number of rotatable bonds is 4. The van der Waals surface area contributed by atoms with Crippen molar-refractivity contribution < 1.29 is 22.7 Å². The van der Waals surface area contributed by atoms with Crippen LogP contribution in [0.25, 0.3) is 16.6 Å². The van der Waals surface area contributed by atoms with Gasteiger partial charge in [-0.15, -0.1) is 0 Å². The zero-order chi connectivity index (χ0) is 20.6. The molecule has 4 aromatic rings. The first kappa shape index (κ1) is 18.6. The van der Waals surface area contributed by atoms with Crippen molar-refractivity contribution in [3.63, 3.8) is 0 Å². The molecule has 0 radical (unpaired) electrons. The fourth-order valence-electron chi connectivity index (χ4n) is 3.20. The molecular formula is C20H13F3N4O2. The number of nitriles is 1. The molecule has 6 nitrogen and oxygen atoms in total. The van der Waals surface area contributed by atoms with Crippen LogP contribution in [0.4, 0.5) is 13.2 Å². The molecule has 0 saturated carbocycles. The van der Waals surface area contributed by atoms with Gasteiger partial charge in [-0.05, 0) is 24.3 Å². The van der Waals surface area contributed by atoms with Crippen LogP contribution in [0.15, 0.2) is 54.9 Å². The number of imidazole rings is 1. The molecule has 0 atom stereocenters. The van der Waals surface area contributed by atoms with Gasteiger partial charge in [-0.3, -0.25) is 4.79 Å². The monoisotopic (exact) mass is 398 g/mol. The summed E-state index contributed by atoms with van der Waals surface area (Å²) in [6.45, 7) is -0.873. The molecule has 0 unspecified atom stereocenters. The normalized spacial score (nSPS) is 11.7. The average molecular weight is 398 g/mol. The second kappa shape index (κ2) is 6.98. The summed E-state index contributed by atoms with van der Waals surface area (Å²) in [6, 6.07) is 13.4. The standard InChI is InChI=1S/C20H13F3N4O2/c21-20(22,23)19-25-15-5-1-2-7-17(15)27(19)11-18(28)29-12-13-10-26-8-4-3-6-16(26)14(13)9-24/h1-8,10H,11-12H2. The Kier molecular flexibility index (Phi) is 4.47. The van der Waals surface area contributed by atoms with E-state index in [-0.39, 0.29) is 17.6 Å². The van der Waals surface area contributed by atoms with Crippen LogP contribution >= 0.6 is 0 Å². The number of fused-ring (bicyclic) bond motifs is 2. The van der Waals surface area contributed by atoms with Gasteiger partial charge in [0.1, 0.15) is 19.2 Å². The quantitative estimate of drug-likeness (QED) is 0.489. The Labute approximate surface area is 162 Å². The topological polar surface area (TPSA) is 72.3 Å². The van der Waals surface area contributed by atoms with Crippen molar-refractivity contribution in [3.05, 3.63) is 71.8 Å². The largest absolute Gasteiger partial charge is 0.459 e. The smallest absolute Gasteiger partial charge is 0.449 e. The van der Waals surface area contributed by atoms with Crippen LogP contribution in [-0.4, -0.2) is 19.9 Å². The summed E-state index contributed by atoms with van der Waals surface area (Å²) in [7, 11) is 0. The Morgan fingerprint density at radius 1 is 1.14 bits per heavy atom. The summed E-state index contributed by atoms with van der Waals surface area (Å²) >= 11 is 0. The lowest BCUT2D eigenvalue weighted by molar-refractivity contribution is -0.151. The third kappa shape index (κ3) is 3.40. The summed E-state index contributed by atoms with van der Waals surface area (Å²) < 4.78 is 47.7. The van der Waals surface area contributed by atoms with Crippen LogP contribution in [0.1, 0.15) is 17.0 Å². The highest BCUT2D eigenvalue weighted by molar-refractivity contribution is 5.79. The molecule has 0 bridgehead atoms. The van der Waals surface area contributed by atoms with Gasteiger partial charge in [0.2, 0.25) is 5.82 Å². The van der Waals surface area contributed by atoms with Crippen LogP contribution in [0.2, 0.25) is 0 Å². The number of esters is 1. The van der Waals surface area contributed by atoms with E-state index in [1.165, 1.54) is 12.1 Å². The lowest BCUT2D eigenvalue weighted by Crippen LogP contribution is -2.20. The van der Waals surface area contributed by atoms with Gasteiger partial charge in [0.05, 0.1) is 22.1 Å². The first-order chi connectivity index (χ1) is 13.9. The number of hydrogen-bond donors (Lipinski definition) is 0. The molecule has 146 valence electrons. The summed E-state index contributed by atoms with van der Waals surface area (Å²) in [5, 5.41) is 9.38. The molecule has 0 aliphatic rings. The molecule has 9 heteroatoms. The van der Waals surface area contributed by atoms with E-state index < -0.39 is 24.5 Å². The van der Waals surface area contributed by atoms with E-state index in [2.05, 4.69) is 11.1 Å². The first-order valence-corrected chi connectivity index (χ1v) is 8.55. The number of alkyl halides is 3. The molecule has 0 spiro atoms. The zero-order valence-corrected chi connectivity index (χ0v) is 14.8. The van der Waals surface area contributed by atoms with Crippen LogP contribution in [0, 0.1) is 11.3 Å². The van der Waals surface area contributed by atoms with Crippen molar-refractivity contribution in [2.24, 2.45) is 0 Å². The van der Waals surface area contributed by atoms with Gasteiger partial charge < -0.3 is 13.7 Å². The molecule has 3 aromatic heterocycles. The Morgan fingerprint density at radius 2 is 1.86 bits per heavy atom. The average Bonchev–Trinajstić information content (AvgIpc) is 3.24. The van der Waals surface area contributed by atoms with Crippen molar-refractivity contribution in [2.45, 2.75) is 19.3 Å². The van der Waals surface area contributed by atoms with Gasteiger partial charge in [-0.2, -0.15) is 18.4 Å². The Hall–Kier alpha value is -3.80. The van der Waals surface area contributed by atoms with Crippen molar-refractivity contribution >= 4 is 22.5 Å². The predicted molar refractivity (Wildman–Crippen MR) is 96.6 cm³/mol. The highest BCUT2D eigenvalue weighted by Gasteiger charge is 2.38. The number of halogens is 3. The maximum atomic E-state index is 13.3. The molecule has 0 fully saturated rings. The highest BCUT2D eigenvalue weighted by atomic mass is 19.4. The zero-order valence-electron chi connectivity index (χ0n) is 14.8. The Morgan fingerprint density at radius 3 is 2.62 bits per heavy atom. The van der Waals surface area contributed by atoms with E-state index in [0.717, 1.165) is 4.57 Å². The van der Waals surface area contributed by atoms with Gasteiger partial charge >= 0.3 is 12.1 Å². The molecule has 0 saturated heterocycles. The molecule has 0 N–H and O–H groups in total. The molecule has 29 heavy (non-hydrogen) atoms. The van der Waals surface area contributed by atoms with E-state index in [0.29, 0.717) is 16.6 Å². The number of carbonyl (C=O) groups is 1. The highest BCUT2D eigenvalue weighted by Crippen LogP contribution is 2.31. The molecule has 4 rings (SSSR count). The molecule has 1 aromatic carbocycles. The number of ether oxygens (including phenoxy) is 1. The summed E-state index contributed by atoms with van der Waals surface area (Å²) in [4.78, 5) is 15.9. The molecule has 0 aliphatic heterocycles. The summed E-state index contributed by atoms with van der Waals surface area (Å²) in [6.07, 6.45) is -1.32. The lowest BCUT2D eigenvalue weighted by Gasteiger charge is -2.11. The predicted octanol–water partition coefficient (Wildman–Crippen LogP) is 3.92. The Balaban J connectivity index is 1.58. The Bertz CT molecular complexity index is 1260. The maximum absolute atomic E-state index is 13.3. The SMILES string of the molecule is N#Cc1c(COC(=O)Cn2c(C(F)(F)F)nc3ccccc32)cn2ccccc12. The van der Waals surface area contributed by atoms with Crippen molar-refractivity contribution in [1.82, 2.24) is 14.0 Å². The van der Waals surface area contributed by atoms with E-state index in [1.807, 2.05) is 0 Å². The van der Waals surface area contributed by atoms with Gasteiger partial charge in [0, 0.05) is 18.0 Å². The minimum Gasteiger partial charge on any atom is -0.459 e. The second-order valence-electron chi connectivity index (χ2n) is 6.30. The third-order valence-electron chi connectivity index (χ3n) is 4.46. The summed E-state index contributed by atoms with van der Waals surface area (Å²) in [5.41, 5.74) is 1.80. The molecule has 0 aliphatic carbocycles. The van der Waals surface area contributed by atoms with Crippen LogP contribution in [-0.2, 0) is 28.9 Å². The maximum Gasteiger partial charge on any atom is 0.449 e. The number of aromatic nitrogens is 3. The minimum atomic E-state index is -4.71. The van der Waals surface area contributed by atoms with E-state index in [9.17, 15) is 23.2 Å². The first-order valence-electron chi connectivity index (χ1n) is 8.55. The van der Waals surface area contributed by atoms with E-state index in [1.54, 1.807) is 47.1 Å². The number of nitrogens with zero attached hydrogens (tertiary/aromatic N) is 4. The number of hydrogen-bond acceptors (Lipinski definition) is 4. The third-order valence-corrected chi connectivity index (χ3v) is 4.46. The minimum absolute atomic E-state index is 0.137. The number of carbonyl (C=O) groups excluding carboxylic acids is 1. The molecule has 3 heterocycles. The van der Waals surface area contributed by atoms with Gasteiger partial charge in [0.25, 0.3) is 0 Å².